The molecule has 0 aliphatic carbocycles. The van der Waals surface area contributed by atoms with Crippen LogP contribution in [0.2, 0.25) is 0 Å². The molecule has 74 valence electrons. The second kappa shape index (κ2) is 3.73. The Kier molecular flexibility index (Phi) is 2.66. The Labute approximate surface area is 78.9 Å². The highest BCUT2D eigenvalue weighted by Crippen LogP contribution is 2.23. The molecule has 0 atom stereocenters. The van der Waals surface area contributed by atoms with E-state index in [-0.39, 0.29) is 5.75 Å². The van der Waals surface area contributed by atoms with Crippen molar-refractivity contribution in [2.45, 2.75) is 0 Å². The molecule has 0 aliphatic heterocycles. The molecule has 0 aromatic heterocycles. The van der Waals surface area contributed by atoms with Crippen molar-refractivity contribution in [3.8, 4) is 5.75 Å². The number of nitro benzene ring substituents is 1. The first kappa shape index (κ1) is 9.97. The third-order valence-corrected chi connectivity index (χ3v) is 1.62. The van der Waals surface area contributed by atoms with E-state index < -0.39 is 22.1 Å². The number of nitro groups is 1. The first-order chi connectivity index (χ1) is 6.56. The molecule has 1 rings (SSSR count). The molecule has 0 unspecified atom stereocenters. The van der Waals surface area contributed by atoms with Crippen LogP contribution in [-0.4, -0.2) is 18.0 Å². The number of carboxylic acid groups (broad SMARTS) is 1. The molecular weight excluding hydrogens is 190 g/mol. The standard InChI is InChI=1S/C8H7NO5/c1-14-5-2-3-6(8(10)11)7(4-5)9(12)13/h2-4H,1H3,(H,10,11)/p-1. The summed E-state index contributed by atoms with van der Waals surface area (Å²) in [5.41, 5.74) is -1.000. The average molecular weight is 196 g/mol. The maximum Gasteiger partial charge on any atom is 0.282 e. The van der Waals surface area contributed by atoms with E-state index in [1.54, 1.807) is 0 Å². The van der Waals surface area contributed by atoms with Crippen molar-refractivity contribution >= 4 is 11.7 Å². The van der Waals surface area contributed by atoms with Gasteiger partial charge >= 0.3 is 0 Å². The second-order valence-electron chi connectivity index (χ2n) is 2.43. The van der Waals surface area contributed by atoms with Crippen LogP contribution < -0.4 is 9.84 Å². The molecule has 14 heavy (non-hydrogen) atoms. The van der Waals surface area contributed by atoms with Gasteiger partial charge in [0.2, 0.25) is 0 Å². The van der Waals surface area contributed by atoms with Crippen molar-refractivity contribution < 1.29 is 19.6 Å². The summed E-state index contributed by atoms with van der Waals surface area (Å²) >= 11 is 0. The summed E-state index contributed by atoms with van der Waals surface area (Å²) < 4.78 is 4.72. The Morgan fingerprint density at radius 3 is 2.57 bits per heavy atom. The van der Waals surface area contributed by atoms with Gasteiger partial charge in [0.1, 0.15) is 5.75 Å². The van der Waals surface area contributed by atoms with Crippen LogP contribution in [0.5, 0.6) is 5.75 Å². The van der Waals surface area contributed by atoms with E-state index in [0.717, 1.165) is 12.1 Å². The van der Waals surface area contributed by atoms with Crippen LogP contribution in [0.25, 0.3) is 0 Å². The largest absolute Gasteiger partial charge is 0.545 e. The number of nitrogens with zero attached hydrogens (tertiary/aromatic N) is 1. The Balaban J connectivity index is 3.31. The lowest BCUT2D eigenvalue weighted by Gasteiger charge is -2.05. The smallest absolute Gasteiger partial charge is 0.282 e. The number of methoxy groups -OCH3 is 1. The van der Waals surface area contributed by atoms with Gasteiger partial charge in [-0.25, -0.2) is 0 Å². The first-order valence-electron chi connectivity index (χ1n) is 3.60. The Bertz CT molecular complexity index is 387. The van der Waals surface area contributed by atoms with Gasteiger partial charge in [-0.3, -0.25) is 10.1 Å². The summed E-state index contributed by atoms with van der Waals surface area (Å²) in [7, 11) is 1.33. The molecule has 1 aromatic carbocycles. The summed E-state index contributed by atoms with van der Waals surface area (Å²) in [6.45, 7) is 0. The van der Waals surface area contributed by atoms with E-state index in [1.807, 2.05) is 0 Å². The number of hydrogen-bond acceptors (Lipinski definition) is 5. The van der Waals surface area contributed by atoms with Crippen LogP contribution >= 0.6 is 0 Å². The fourth-order valence-corrected chi connectivity index (χ4v) is 0.962. The monoisotopic (exact) mass is 196 g/mol. The molecule has 0 saturated heterocycles. The van der Waals surface area contributed by atoms with Crippen molar-refractivity contribution in [3.05, 3.63) is 33.9 Å². The minimum atomic E-state index is -1.58. The third-order valence-electron chi connectivity index (χ3n) is 1.62. The molecule has 6 nitrogen and oxygen atoms in total. The molecule has 1 aromatic rings. The zero-order valence-electron chi connectivity index (χ0n) is 7.22. The van der Waals surface area contributed by atoms with E-state index in [0.29, 0.717) is 0 Å². The zero-order valence-corrected chi connectivity index (χ0v) is 7.22. The highest BCUT2D eigenvalue weighted by molar-refractivity contribution is 5.91. The van der Waals surface area contributed by atoms with Crippen molar-refractivity contribution in [1.29, 1.82) is 0 Å². The van der Waals surface area contributed by atoms with Crippen LogP contribution in [0.4, 0.5) is 5.69 Å². The topological polar surface area (TPSA) is 92.5 Å². The summed E-state index contributed by atoms with van der Waals surface area (Å²) in [6.07, 6.45) is 0. The molecule has 0 amide bonds. The fourth-order valence-electron chi connectivity index (χ4n) is 0.962. The summed E-state index contributed by atoms with van der Waals surface area (Å²) in [6, 6.07) is 3.43. The Hall–Kier alpha value is -2.11. The minimum absolute atomic E-state index is 0.224. The van der Waals surface area contributed by atoms with Gasteiger partial charge in [0.25, 0.3) is 5.69 Å². The van der Waals surface area contributed by atoms with Crippen molar-refractivity contribution in [2.75, 3.05) is 7.11 Å². The minimum Gasteiger partial charge on any atom is -0.545 e. The first-order valence-corrected chi connectivity index (χ1v) is 3.60. The second-order valence-corrected chi connectivity index (χ2v) is 2.43. The highest BCUT2D eigenvalue weighted by Gasteiger charge is 2.15. The van der Waals surface area contributed by atoms with Gasteiger partial charge in [0, 0.05) is 0 Å². The predicted molar refractivity (Wildman–Crippen MR) is 44.0 cm³/mol. The van der Waals surface area contributed by atoms with Crippen LogP contribution in [0.15, 0.2) is 18.2 Å². The van der Waals surface area contributed by atoms with Crippen molar-refractivity contribution in [1.82, 2.24) is 0 Å². The molecule has 0 spiro atoms. The van der Waals surface area contributed by atoms with Crippen molar-refractivity contribution in [2.24, 2.45) is 0 Å². The van der Waals surface area contributed by atoms with Gasteiger partial charge in [-0.2, -0.15) is 0 Å². The van der Waals surface area contributed by atoms with E-state index in [2.05, 4.69) is 0 Å². The molecule has 0 heterocycles. The Morgan fingerprint density at radius 2 is 2.14 bits per heavy atom. The molecule has 0 bridgehead atoms. The lowest BCUT2D eigenvalue weighted by atomic mass is 10.2. The molecular formula is C8H6NO5-. The van der Waals surface area contributed by atoms with Gasteiger partial charge in [0.15, 0.2) is 0 Å². The van der Waals surface area contributed by atoms with Gasteiger partial charge in [-0.15, -0.1) is 0 Å². The maximum absolute atomic E-state index is 10.5. The Morgan fingerprint density at radius 1 is 1.50 bits per heavy atom. The van der Waals surface area contributed by atoms with Crippen LogP contribution in [0, 0.1) is 10.1 Å². The molecule has 0 saturated carbocycles. The number of carbonyl (C=O) groups excluding carboxylic acids is 1. The van der Waals surface area contributed by atoms with Gasteiger partial charge in [-0.05, 0) is 12.1 Å². The van der Waals surface area contributed by atoms with Crippen LogP contribution in [-0.2, 0) is 0 Å². The third kappa shape index (κ3) is 1.79. The normalized spacial score (nSPS) is 9.50. The number of aromatic carboxylic acids is 1. The summed E-state index contributed by atoms with van der Waals surface area (Å²) in [4.78, 5) is 20.1. The fraction of sp³-hybridized carbons (Fsp3) is 0.125. The van der Waals surface area contributed by atoms with E-state index in [1.165, 1.54) is 13.2 Å². The number of hydrogen-bond donors (Lipinski definition) is 0. The quantitative estimate of drug-likeness (QED) is 0.499. The molecule has 0 N–H and O–H groups in total. The lowest BCUT2D eigenvalue weighted by Crippen LogP contribution is -2.23. The van der Waals surface area contributed by atoms with Gasteiger partial charge in [-0.1, -0.05) is 0 Å². The summed E-state index contributed by atoms with van der Waals surface area (Å²) in [5.74, 6) is -1.36. The van der Waals surface area contributed by atoms with Crippen molar-refractivity contribution in [3.63, 3.8) is 0 Å². The SMILES string of the molecule is COc1ccc(C(=O)[O-])c([N+](=O)[O-])c1. The van der Waals surface area contributed by atoms with E-state index >= 15 is 0 Å². The van der Waals surface area contributed by atoms with Gasteiger partial charge < -0.3 is 14.6 Å². The molecule has 6 heteroatoms. The number of benzene rings is 1. The molecule has 0 fully saturated rings. The number of rotatable bonds is 3. The number of carbonyl (C=O) groups is 1. The summed E-state index contributed by atoms with van der Waals surface area (Å²) in [5, 5.41) is 20.9. The van der Waals surface area contributed by atoms with Gasteiger partial charge in [0.05, 0.1) is 29.6 Å². The van der Waals surface area contributed by atoms with Crippen LogP contribution in [0.3, 0.4) is 0 Å². The maximum atomic E-state index is 10.5. The highest BCUT2D eigenvalue weighted by atomic mass is 16.6. The van der Waals surface area contributed by atoms with E-state index in [9.17, 15) is 20.0 Å². The number of carboxylic acids is 1. The molecule has 0 aliphatic rings. The number of ether oxygens (including phenoxy) is 1. The molecule has 0 radical (unpaired) electrons. The lowest BCUT2D eigenvalue weighted by molar-refractivity contribution is -0.385. The zero-order chi connectivity index (χ0) is 10.7. The van der Waals surface area contributed by atoms with E-state index in [4.69, 9.17) is 4.74 Å². The van der Waals surface area contributed by atoms with Crippen LogP contribution in [0.1, 0.15) is 10.4 Å². The predicted octanol–water partition coefficient (Wildman–Crippen LogP) is -0.0331. The average Bonchev–Trinajstić information content (AvgIpc) is 2.16.